The lowest BCUT2D eigenvalue weighted by atomic mass is 10.0. The highest BCUT2D eigenvalue weighted by atomic mass is 16.2. The zero-order chi connectivity index (χ0) is 16.2. The minimum Gasteiger partial charge on any atom is -0.337 e. The van der Waals surface area contributed by atoms with Gasteiger partial charge in [-0.3, -0.25) is 4.79 Å². The maximum Gasteiger partial charge on any atom is 0.319 e. The fourth-order valence-electron chi connectivity index (χ4n) is 3.37. The molecule has 3 amide bonds. The Hall–Kier alpha value is -2.08. The van der Waals surface area contributed by atoms with E-state index in [1.165, 1.54) is 0 Å². The van der Waals surface area contributed by atoms with Crippen LogP contribution in [0.1, 0.15) is 19.8 Å². The van der Waals surface area contributed by atoms with Crippen molar-refractivity contribution in [2.24, 2.45) is 0 Å². The first-order valence-corrected chi connectivity index (χ1v) is 8.29. The Balaban J connectivity index is 1.55. The highest BCUT2D eigenvalue weighted by molar-refractivity contribution is 5.93. The van der Waals surface area contributed by atoms with Crippen molar-refractivity contribution in [2.75, 3.05) is 31.5 Å². The molecule has 3 aliphatic rings. The van der Waals surface area contributed by atoms with Crippen molar-refractivity contribution in [1.82, 2.24) is 15.1 Å². The lowest BCUT2D eigenvalue weighted by Crippen LogP contribution is -2.51. The van der Waals surface area contributed by atoms with Gasteiger partial charge in [0.05, 0.1) is 0 Å². The van der Waals surface area contributed by atoms with Crippen LogP contribution in [-0.4, -0.2) is 60.0 Å². The van der Waals surface area contributed by atoms with Gasteiger partial charge in [0.1, 0.15) is 6.04 Å². The molecule has 0 saturated carbocycles. The van der Waals surface area contributed by atoms with Gasteiger partial charge in [0.2, 0.25) is 5.91 Å². The molecule has 3 saturated heterocycles. The molecular weight excluding hydrogens is 292 g/mol. The van der Waals surface area contributed by atoms with Gasteiger partial charge in [-0.05, 0) is 31.9 Å². The highest BCUT2D eigenvalue weighted by Crippen LogP contribution is 2.21. The topological polar surface area (TPSA) is 64.7 Å². The molecule has 1 atom stereocenters. The molecular formula is C17H24N4O2. The van der Waals surface area contributed by atoms with Crippen molar-refractivity contribution in [3.8, 4) is 0 Å². The molecule has 3 heterocycles. The Morgan fingerprint density at radius 2 is 1.78 bits per heavy atom. The number of hydrogen-bond donors (Lipinski definition) is 2. The number of urea groups is 1. The lowest BCUT2D eigenvalue weighted by molar-refractivity contribution is -0.134. The summed E-state index contributed by atoms with van der Waals surface area (Å²) in [6.07, 6.45) is 2.07. The Bertz CT molecular complexity index is 555. The van der Waals surface area contributed by atoms with E-state index in [1.54, 1.807) is 6.92 Å². The third-order valence-electron chi connectivity index (χ3n) is 4.69. The zero-order valence-electron chi connectivity index (χ0n) is 13.5. The molecule has 0 aromatic heterocycles. The fourth-order valence-corrected chi connectivity index (χ4v) is 3.37. The summed E-state index contributed by atoms with van der Waals surface area (Å²) in [5, 5.41) is 5.50. The van der Waals surface area contributed by atoms with E-state index >= 15 is 0 Å². The molecule has 6 nitrogen and oxygen atoms in total. The summed E-state index contributed by atoms with van der Waals surface area (Å²) in [6.45, 7) is 5.60. The third kappa shape index (κ3) is 3.82. The number of hydrogen-bond acceptors (Lipinski definition) is 3. The van der Waals surface area contributed by atoms with E-state index in [9.17, 15) is 9.59 Å². The number of nitrogens with one attached hydrogen (secondary N) is 2. The molecule has 2 N–H and O–H groups in total. The molecule has 3 aliphatic heterocycles. The minimum atomic E-state index is -0.522. The molecule has 3 fully saturated rings. The summed E-state index contributed by atoms with van der Waals surface area (Å²) in [6, 6.07) is 8.68. The van der Waals surface area contributed by atoms with Crippen LogP contribution in [0.3, 0.4) is 0 Å². The van der Waals surface area contributed by atoms with Gasteiger partial charge in [-0.1, -0.05) is 18.2 Å². The second kappa shape index (κ2) is 7.00. The molecule has 0 spiro atoms. The fraction of sp³-hybridized carbons (Fsp3) is 0.529. The average molecular weight is 316 g/mol. The summed E-state index contributed by atoms with van der Waals surface area (Å²) in [7, 11) is 0. The normalized spacial score (nSPS) is 24.7. The second-order valence-electron chi connectivity index (χ2n) is 6.29. The number of amides is 3. The summed E-state index contributed by atoms with van der Waals surface area (Å²) >= 11 is 0. The smallest absolute Gasteiger partial charge is 0.319 e. The van der Waals surface area contributed by atoms with E-state index < -0.39 is 6.04 Å². The number of para-hydroxylation sites is 1. The highest BCUT2D eigenvalue weighted by Gasteiger charge is 2.33. The summed E-state index contributed by atoms with van der Waals surface area (Å²) in [4.78, 5) is 29.1. The average Bonchev–Trinajstić information content (AvgIpc) is 2.88. The molecule has 0 radical (unpaired) electrons. The molecule has 0 unspecified atom stereocenters. The van der Waals surface area contributed by atoms with E-state index in [0.29, 0.717) is 11.7 Å². The van der Waals surface area contributed by atoms with Crippen molar-refractivity contribution in [3.05, 3.63) is 30.3 Å². The molecule has 6 heteroatoms. The lowest BCUT2D eigenvalue weighted by Gasteiger charge is -2.33. The Labute approximate surface area is 136 Å². The van der Waals surface area contributed by atoms with Crippen LogP contribution in [0.5, 0.6) is 0 Å². The van der Waals surface area contributed by atoms with Crippen molar-refractivity contribution >= 4 is 17.6 Å². The molecule has 23 heavy (non-hydrogen) atoms. The quantitative estimate of drug-likeness (QED) is 0.888. The minimum absolute atomic E-state index is 0.0157. The van der Waals surface area contributed by atoms with Crippen LogP contribution in [0.2, 0.25) is 0 Å². The van der Waals surface area contributed by atoms with Crippen LogP contribution < -0.4 is 10.6 Å². The maximum atomic E-state index is 12.7. The number of fused-ring (bicyclic) bond motifs is 4. The van der Waals surface area contributed by atoms with Gasteiger partial charge >= 0.3 is 6.03 Å². The van der Waals surface area contributed by atoms with E-state index in [2.05, 4.69) is 15.5 Å². The van der Waals surface area contributed by atoms with Crippen LogP contribution in [0.4, 0.5) is 10.5 Å². The maximum absolute atomic E-state index is 12.7. The van der Waals surface area contributed by atoms with Crippen molar-refractivity contribution in [2.45, 2.75) is 31.8 Å². The van der Waals surface area contributed by atoms with E-state index in [4.69, 9.17) is 0 Å². The van der Waals surface area contributed by atoms with Crippen LogP contribution in [0, 0.1) is 0 Å². The molecule has 0 aliphatic carbocycles. The Kier molecular flexibility index (Phi) is 4.81. The summed E-state index contributed by atoms with van der Waals surface area (Å²) < 4.78 is 0. The number of carbonyl (C=O) groups is 2. The molecule has 124 valence electrons. The van der Waals surface area contributed by atoms with Gasteiger partial charge in [0.15, 0.2) is 0 Å². The molecule has 1 aromatic carbocycles. The number of benzene rings is 1. The van der Waals surface area contributed by atoms with Crippen molar-refractivity contribution in [3.63, 3.8) is 0 Å². The third-order valence-corrected chi connectivity index (χ3v) is 4.69. The largest absolute Gasteiger partial charge is 0.337 e. The molecule has 2 bridgehead atoms. The van der Waals surface area contributed by atoms with E-state index in [0.717, 1.165) is 39.0 Å². The summed E-state index contributed by atoms with van der Waals surface area (Å²) in [5.74, 6) is 0.0157. The van der Waals surface area contributed by atoms with Crippen molar-refractivity contribution < 1.29 is 9.59 Å². The number of nitrogens with zero attached hydrogens (tertiary/aromatic N) is 2. The van der Waals surface area contributed by atoms with E-state index in [1.807, 2.05) is 35.2 Å². The van der Waals surface area contributed by atoms with Crippen LogP contribution in [0.15, 0.2) is 30.3 Å². The first-order chi connectivity index (χ1) is 11.1. The predicted molar refractivity (Wildman–Crippen MR) is 89.2 cm³/mol. The van der Waals surface area contributed by atoms with Gasteiger partial charge in [-0.15, -0.1) is 0 Å². The van der Waals surface area contributed by atoms with Gasteiger partial charge in [-0.2, -0.15) is 0 Å². The number of anilines is 1. The van der Waals surface area contributed by atoms with E-state index in [-0.39, 0.29) is 11.9 Å². The Morgan fingerprint density at radius 1 is 1.09 bits per heavy atom. The van der Waals surface area contributed by atoms with Gasteiger partial charge in [-0.25, -0.2) is 4.79 Å². The standard InChI is InChI=1S/C17H24N4O2/c1-13(18-17(23)19-14-5-3-2-4-6-14)16(22)21-12-11-20-9-7-15(21)8-10-20/h2-6,13,15H,7-12H2,1H3,(H2,18,19,23)/t13-/m0/s1. The van der Waals surface area contributed by atoms with Crippen LogP contribution >= 0.6 is 0 Å². The Morgan fingerprint density at radius 3 is 2.48 bits per heavy atom. The van der Waals surface area contributed by atoms with Crippen LogP contribution in [-0.2, 0) is 4.79 Å². The number of rotatable bonds is 3. The zero-order valence-corrected chi connectivity index (χ0v) is 13.5. The number of carbonyl (C=O) groups excluding carboxylic acids is 2. The molecule has 1 aromatic rings. The van der Waals surface area contributed by atoms with Gasteiger partial charge in [0.25, 0.3) is 0 Å². The first-order valence-electron chi connectivity index (χ1n) is 8.29. The SMILES string of the molecule is C[C@H](NC(=O)Nc1ccccc1)C(=O)N1CCN2CCC1CC2. The van der Waals surface area contributed by atoms with Crippen molar-refractivity contribution in [1.29, 1.82) is 0 Å². The summed E-state index contributed by atoms with van der Waals surface area (Å²) in [5.41, 5.74) is 0.714. The first kappa shape index (κ1) is 15.8. The molecule has 4 rings (SSSR count). The van der Waals surface area contributed by atoms with Gasteiger partial charge < -0.3 is 20.4 Å². The monoisotopic (exact) mass is 316 g/mol. The predicted octanol–water partition coefficient (Wildman–Crippen LogP) is 1.50. The van der Waals surface area contributed by atoms with Gasteiger partial charge in [0, 0.05) is 37.9 Å². The number of piperidine rings is 1. The second-order valence-corrected chi connectivity index (χ2v) is 6.29. The van der Waals surface area contributed by atoms with Crippen LogP contribution in [0.25, 0.3) is 0 Å².